The number of hydrogen-bond donors (Lipinski definition) is 0. The van der Waals surface area contributed by atoms with E-state index in [1.54, 1.807) is 15.8 Å². The first-order chi connectivity index (χ1) is 18.6. The number of hydrogen-bond acceptors (Lipinski definition) is 8. The molecule has 196 valence electrons. The van der Waals surface area contributed by atoms with Crippen molar-refractivity contribution in [2.75, 3.05) is 38.7 Å². The Hall–Kier alpha value is -4.73. The monoisotopic (exact) mass is 517 g/mol. The van der Waals surface area contributed by atoms with Crippen molar-refractivity contribution in [3.63, 3.8) is 0 Å². The number of amides is 1. The predicted octanol–water partition coefficient (Wildman–Crippen LogP) is 3.45. The quantitative estimate of drug-likeness (QED) is 0.295. The molecule has 3 aromatic rings. The fourth-order valence-electron chi connectivity index (χ4n) is 4.63. The maximum atomic E-state index is 13.7. The highest BCUT2D eigenvalue weighted by molar-refractivity contribution is 5.96. The average molecular weight is 518 g/mol. The zero-order chi connectivity index (χ0) is 26.5. The molecule has 5 rings (SSSR count). The van der Waals surface area contributed by atoms with Crippen molar-refractivity contribution in [3.8, 4) is 11.5 Å². The number of benzene rings is 2. The zero-order valence-electron chi connectivity index (χ0n) is 20.8. The second kappa shape index (κ2) is 11.1. The summed E-state index contributed by atoms with van der Waals surface area (Å²) in [6.07, 6.45) is 5.08. The molecule has 0 saturated heterocycles. The minimum Gasteiger partial charge on any atom is -0.489 e. The van der Waals surface area contributed by atoms with E-state index in [1.165, 1.54) is 6.07 Å². The van der Waals surface area contributed by atoms with Gasteiger partial charge in [0.25, 0.3) is 5.91 Å². The van der Waals surface area contributed by atoms with E-state index >= 15 is 0 Å². The Balaban J connectivity index is 1.69. The number of methoxy groups -OCH3 is 1. The van der Waals surface area contributed by atoms with E-state index in [9.17, 15) is 14.4 Å². The SMILES string of the molecule is COC(=O)OCOc1c2n(ccc1=O)N1CN(CC/C=C/COc3ccccc3[C@H]1c1ccccc1)C2=O. The average Bonchev–Trinajstić information content (AvgIpc) is 2.94. The standard InChI is InChI=1S/C28H27N3O7/c1-35-28(34)38-19-37-26-22(32)14-16-30-25(26)27(33)29-15-8-3-9-17-36-23-13-7-6-12-21(23)24(31(30)18-29)20-10-4-2-5-11-20/h2-7,9-14,16,24H,8,15,17-19H2,1H3/b9-3+/t24-/m1/s1. The van der Waals surface area contributed by atoms with Crippen LogP contribution >= 0.6 is 0 Å². The van der Waals surface area contributed by atoms with Gasteiger partial charge in [-0.25, -0.2) is 4.79 Å². The van der Waals surface area contributed by atoms with Gasteiger partial charge in [0.2, 0.25) is 18.0 Å². The Kier molecular flexibility index (Phi) is 7.30. The number of para-hydroxylation sites is 1. The van der Waals surface area contributed by atoms with Crippen molar-refractivity contribution in [1.82, 2.24) is 9.58 Å². The van der Waals surface area contributed by atoms with E-state index in [2.05, 4.69) is 4.74 Å². The summed E-state index contributed by atoms with van der Waals surface area (Å²) in [7, 11) is 1.16. The molecule has 0 fully saturated rings. The molecule has 1 aromatic heterocycles. The van der Waals surface area contributed by atoms with E-state index in [-0.39, 0.29) is 30.1 Å². The molecule has 0 aliphatic carbocycles. The molecule has 0 radical (unpaired) electrons. The topological polar surface area (TPSA) is 99.5 Å². The molecule has 0 saturated carbocycles. The molecule has 10 nitrogen and oxygen atoms in total. The number of pyridine rings is 1. The third-order valence-electron chi connectivity index (χ3n) is 6.36. The van der Waals surface area contributed by atoms with Gasteiger partial charge in [-0.1, -0.05) is 60.7 Å². The second-order valence-corrected chi connectivity index (χ2v) is 8.63. The third-order valence-corrected chi connectivity index (χ3v) is 6.36. The van der Waals surface area contributed by atoms with Crippen molar-refractivity contribution in [3.05, 3.63) is 106 Å². The normalized spacial score (nSPS) is 17.6. The van der Waals surface area contributed by atoms with Crippen LogP contribution in [-0.4, -0.2) is 55.4 Å². The van der Waals surface area contributed by atoms with Crippen molar-refractivity contribution in [2.24, 2.45) is 0 Å². The summed E-state index contributed by atoms with van der Waals surface area (Å²) in [5, 5.41) is 1.99. The van der Waals surface area contributed by atoms with Crippen molar-refractivity contribution in [2.45, 2.75) is 12.5 Å². The smallest absolute Gasteiger partial charge is 0.489 e. The minimum absolute atomic E-state index is 0.0394. The van der Waals surface area contributed by atoms with Gasteiger partial charge in [0, 0.05) is 24.4 Å². The summed E-state index contributed by atoms with van der Waals surface area (Å²) >= 11 is 0. The summed E-state index contributed by atoms with van der Waals surface area (Å²) in [5.74, 6) is 0.129. The molecule has 0 unspecified atom stereocenters. The van der Waals surface area contributed by atoms with Gasteiger partial charge in [0.1, 0.15) is 25.1 Å². The lowest BCUT2D eigenvalue weighted by molar-refractivity contribution is 0.0134. The lowest BCUT2D eigenvalue weighted by Crippen LogP contribution is -2.55. The number of carbonyl (C=O) groups excluding carboxylic acids is 2. The molecule has 1 atom stereocenters. The number of nitrogens with zero attached hydrogens (tertiary/aromatic N) is 3. The Labute approximate surface area is 219 Å². The van der Waals surface area contributed by atoms with Crippen LogP contribution in [0, 0.1) is 0 Å². The lowest BCUT2D eigenvalue weighted by atomic mass is 9.97. The van der Waals surface area contributed by atoms with Gasteiger partial charge in [0.15, 0.2) is 5.69 Å². The highest BCUT2D eigenvalue weighted by atomic mass is 16.8. The number of fused-ring (bicyclic) bond motifs is 5. The Morgan fingerprint density at radius 3 is 2.63 bits per heavy atom. The molecule has 10 heteroatoms. The first kappa shape index (κ1) is 24.9. The van der Waals surface area contributed by atoms with Crippen molar-refractivity contribution in [1.29, 1.82) is 0 Å². The van der Waals surface area contributed by atoms with E-state index < -0.39 is 18.4 Å². The number of rotatable bonds is 4. The van der Waals surface area contributed by atoms with Crippen LogP contribution in [0.25, 0.3) is 0 Å². The fourth-order valence-corrected chi connectivity index (χ4v) is 4.63. The van der Waals surface area contributed by atoms with E-state index in [4.69, 9.17) is 14.2 Å². The van der Waals surface area contributed by atoms with Gasteiger partial charge in [-0.3, -0.25) is 19.3 Å². The Bertz CT molecular complexity index is 1400. The van der Waals surface area contributed by atoms with Gasteiger partial charge in [-0.15, -0.1) is 0 Å². The van der Waals surface area contributed by atoms with Crippen LogP contribution in [0.3, 0.4) is 0 Å². The van der Waals surface area contributed by atoms with Crippen LogP contribution < -0.4 is 19.9 Å². The highest BCUT2D eigenvalue weighted by Crippen LogP contribution is 2.37. The maximum absolute atomic E-state index is 13.7. The highest BCUT2D eigenvalue weighted by Gasteiger charge is 2.37. The molecule has 3 heterocycles. The first-order valence-electron chi connectivity index (χ1n) is 12.2. The second-order valence-electron chi connectivity index (χ2n) is 8.63. The first-order valence-corrected chi connectivity index (χ1v) is 12.2. The molecule has 2 aliphatic rings. The van der Waals surface area contributed by atoms with Gasteiger partial charge >= 0.3 is 6.16 Å². The predicted molar refractivity (Wildman–Crippen MR) is 138 cm³/mol. The molecule has 1 amide bonds. The fraction of sp³-hybridized carbons (Fsp3) is 0.250. The summed E-state index contributed by atoms with van der Waals surface area (Å²) in [6.45, 7) is 0.465. The van der Waals surface area contributed by atoms with Gasteiger partial charge < -0.3 is 23.8 Å². The summed E-state index contributed by atoms with van der Waals surface area (Å²) in [6, 6.07) is 18.6. The zero-order valence-corrected chi connectivity index (χ0v) is 20.8. The third kappa shape index (κ3) is 4.93. The molecule has 0 N–H and O–H groups in total. The molecule has 2 bridgehead atoms. The van der Waals surface area contributed by atoms with Gasteiger partial charge in [-0.2, -0.15) is 0 Å². The Morgan fingerprint density at radius 2 is 1.82 bits per heavy atom. The van der Waals surface area contributed by atoms with E-state index in [1.807, 2.05) is 71.8 Å². The van der Waals surface area contributed by atoms with Crippen LogP contribution in [0.15, 0.2) is 83.8 Å². The van der Waals surface area contributed by atoms with Crippen LogP contribution in [-0.2, 0) is 9.47 Å². The van der Waals surface area contributed by atoms with Gasteiger partial charge in [-0.05, 0) is 18.1 Å². The summed E-state index contributed by atoms with van der Waals surface area (Å²) in [5.41, 5.74) is 1.38. The minimum atomic E-state index is -0.966. The molecule has 0 spiro atoms. The molecule has 38 heavy (non-hydrogen) atoms. The summed E-state index contributed by atoms with van der Waals surface area (Å²) in [4.78, 5) is 39.7. The van der Waals surface area contributed by atoms with E-state index in [0.29, 0.717) is 25.3 Å². The lowest BCUT2D eigenvalue weighted by Gasteiger charge is -2.44. The molecule has 2 aromatic carbocycles. The number of ether oxygens (including phenoxy) is 4. The van der Waals surface area contributed by atoms with Crippen LogP contribution in [0.2, 0.25) is 0 Å². The molecule has 2 aliphatic heterocycles. The van der Waals surface area contributed by atoms with Crippen molar-refractivity contribution >= 4 is 12.1 Å². The van der Waals surface area contributed by atoms with E-state index in [0.717, 1.165) is 18.2 Å². The number of carbonyl (C=O) groups is 2. The largest absolute Gasteiger partial charge is 0.510 e. The Morgan fingerprint density at radius 1 is 1.03 bits per heavy atom. The maximum Gasteiger partial charge on any atom is 0.510 e. The van der Waals surface area contributed by atoms with Crippen LogP contribution in [0.1, 0.15) is 34.1 Å². The molecular formula is C28H27N3O7. The van der Waals surface area contributed by atoms with Crippen LogP contribution in [0.5, 0.6) is 11.5 Å². The number of aromatic nitrogens is 1. The van der Waals surface area contributed by atoms with Gasteiger partial charge in [0.05, 0.1) is 7.11 Å². The van der Waals surface area contributed by atoms with Crippen molar-refractivity contribution < 1.29 is 28.5 Å². The summed E-state index contributed by atoms with van der Waals surface area (Å²) < 4.78 is 22.6. The van der Waals surface area contributed by atoms with Crippen LogP contribution in [0.4, 0.5) is 4.79 Å². The molecular weight excluding hydrogens is 490 g/mol.